The fourth-order valence-electron chi connectivity index (χ4n) is 3.00. The van der Waals surface area contributed by atoms with Crippen molar-refractivity contribution in [2.24, 2.45) is 0 Å². The maximum atomic E-state index is 12.9. The summed E-state index contributed by atoms with van der Waals surface area (Å²) in [6, 6.07) is 5.49. The first-order chi connectivity index (χ1) is 12.7. The molecule has 1 aromatic carbocycles. The molecule has 1 amide bonds. The van der Waals surface area contributed by atoms with Crippen molar-refractivity contribution in [2.75, 3.05) is 25.9 Å². The lowest BCUT2D eigenvalue weighted by molar-refractivity contribution is -0.136. The van der Waals surface area contributed by atoms with Crippen molar-refractivity contribution in [1.82, 2.24) is 19.3 Å². The standard InChI is InChI=1S/C17H21FN4O4S/c1-12-19-16(20-26-12)7-8-22(27(2,24)25)15-10-21(11-15)17(23)9-13-3-5-14(18)6-4-13/h3-6,15H,7-11H2,1-2H3. The van der Waals surface area contributed by atoms with E-state index in [0.29, 0.717) is 31.2 Å². The van der Waals surface area contributed by atoms with Gasteiger partial charge in [-0.2, -0.15) is 9.29 Å². The van der Waals surface area contributed by atoms with E-state index in [-0.39, 0.29) is 30.7 Å². The molecule has 1 aliphatic heterocycles. The summed E-state index contributed by atoms with van der Waals surface area (Å²) < 4.78 is 43.4. The zero-order chi connectivity index (χ0) is 19.6. The lowest BCUT2D eigenvalue weighted by Crippen LogP contribution is -2.62. The molecule has 2 heterocycles. The van der Waals surface area contributed by atoms with Crippen LogP contribution < -0.4 is 0 Å². The van der Waals surface area contributed by atoms with Crippen LogP contribution >= 0.6 is 0 Å². The summed E-state index contributed by atoms with van der Waals surface area (Å²) in [7, 11) is -3.43. The summed E-state index contributed by atoms with van der Waals surface area (Å²) in [5.74, 6) is 0.415. The van der Waals surface area contributed by atoms with Gasteiger partial charge in [0.05, 0.1) is 18.7 Å². The second-order valence-corrected chi connectivity index (χ2v) is 8.54. The molecule has 8 nitrogen and oxygen atoms in total. The molecule has 3 rings (SSSR count). The number of benzene rings is 1. The van der Waals surface area contributed by atoms with Gasteiger partial charge in [0, 0.05) is 33.0 Å². The lowest BCUT2D eigenvalue weighted by atomic mass is 10.1. The van der Waals surface area contributed by atoms with Crippen LogP contribution in [-0.2, 0) is 27.7 Å². The summed E-state index contributed by atoms with van der Waals surface area (Å²) in [6.07, 6.45) is 1.65. The molecule has 2 aromatic rings. The molecular formula is C17H21FN4O4S. The number of likely N-dealkylation sites (tertiary alicyclic amines) is 1. The topological polar surface area (TPSA) is 96.6 Å². The van der Waals surface area contributed by atoms with E-state index in [4.69, 9.17) is 4.52 Å². The van der Waals surface area contributed by atoms with Gasteiger partial charge in [-0.3, -0.25) is 4.79 Å². The van der Waals surface area contributed by atoms with Crippen LogP contribution in [0.1, 0.15) is 17.3 Å². The second kappa shape index (κ2) is 7.73. The third kappa shape index (κ3) is 4.89. The molecule has 0 N–H and O–H groups in total. The Balaban J connectivity index is 1.55. The number of carbonyl (C=O) groups is 1. The van der Waals surface area contributed by atoms with Crippen LogP contribution in [0.2, 0.25) is 0 Å². The molecule has 1 fully saturated rings. The van der Waals surface area contributed by atoms with Crippen LogP contribution in [0.5, 0.6) is 0 Å². The van der Waals surface area contributed by atoms with Crippen LogP contribution in [0.3, 0.4) is 0 Å². The van der Waals surface area contributed by atoms with Crippen LogP contribution in [0.15, 0.2) is 28.8 Å². The van der Waals surface area contributed by atoms with Gasteiger partial charge in [0.25, 0.3) is 0 Å². The molecule has 0 spiro atoms. The number of aromatic nitrogens is 2. The van der Waals surface area contributed by atoms with Crippen molar-refractivity contribution in [3.63, 3.8) is 0 Å². The smallest absolute Gasteiger partial charge is 0.227 e. The highest BCUT2D eigenvalue weighted by Crippen LogP contribution is 2.20. The fourth-order valence-corrected chi connectivity index (χ4v) is 4.10. The predicted molar refractivity (Wildman–Crippen MR) is 94.8 cm³/mol. The predicted octanol–water partition coefficient (Wildman–Crippen LogP) is 0.775. The molecule has 0 saturated carbocycles. The number of aryl methyl sites for hydroxylation is 1. The van der Waals surface area contributed by atoms with E-state index in [9.17, 15) is 17.6 Å². The third-order valence-electron chi connectivity index (χ3n) is 4.44. The Morgan fingerprint density at radius 3 is 2.56 bits per heavy atom. The number of amides is 1. The molecule has 0 aliphatic carbocycles. The minimum Gasteiger partial charge on any atom is -0.340 e. The normalized spacial score (nSPS) is 15.2. The molecule has 1 aliphatic rings. The summed E-state index contributed by atoms with van der Waals surface area (Å²) >= 11 is 0. The Labute approximate surface area is 157 Å². The highest BCUT2D eigenvalue weighted by Gasteiger charge is 2.38. The minimum atomic E-state index is -3.43. The number of halogens is 1. The van der Waals surface area contributed by atoms with Crippen molar-refractivity contribution in [3.8, 4) is 0 Å². The highest BCUT2D eigenvalue weighted by atomic mass is 32.2. The Kier molecular flexibility index (Phi) is 5.56. The van der Waals surface area contributed by atoms with Gasteiger partial charge in [-0.25, -0.2) is 12.8 Å². The average molecular weight is 396 g/mol. The van der Waals surface area contributed by atoms with Gasteiger partial charge in [0.15, 0.2) is 5.82 Å². The zero-order valence-corrected chi connectivity index (χ0v) is 15.9. The minimum absolute atomic E-state index is 0.111. The molecule has 0 bridgehead atoms. The lowest BCUT2D eigenvalue weighted by Gasteiger charge is -2.44. The zero-order valence-electron chi connectivity index (χ0n) is 15.1. The Hall–Kier alpha value is -2.33. The van der Waals surface area contributed by atoms with Gasteiger partial charge in [-0.1, -0.05) is 17.3 Å². The highest BCUT2D eigenvalue weighted by molar-refractivity contribution is 7.88. The van der Waals surface area contributed by atoms with E-state index in [1.54, 1.807) is 24.0 Å². The summed E-state index contributed by atoms with van der Waals surface area (Å²) in [6.45, 7) is 2.56. The number of hydrogen-bond acceptors (Lipinski definition) is 6. The maximum absolute atomic E-state index is 12.9. The largest absolute Gasteiger partial charge is 0.340 e. The van der Waals surface area contributed by atoms with Gasteiger partial charge in [0.2, 0.25) is 21.8 Å². The molecule has 0 radical (unpaired) electrons. The first kappa shape index (κ1) is 19.4. The van der Waals surface area contributed by atoms with Gasteiger partial charge < -0.3 is 9.42 Å². The maximum Gasteiger partial charge on any atom is 0.227 e. The summed E-state index contributed by atoms with van der Waals surface area (Å²) in [5, 5.41) is 3.77. The Morgan fingerprint density at radius 1 is 1.33 bits per heavy atom. The number of sulfonamides is 1. The quantitative estimate of drug-likeness (QED) is 0.686. The molecule has 146 valence electrons. The molecule has 10 heteroatoms. The molecule has 1 saturated heterocycles. The summed E-state index contributed by atoms with van der Waals surface area (Å²) in [4.78, 5) is 18.0. The van der Waals surface area contributed by atoms with Crippen molar-refractivity contribution in [2.45, 2.75) is 25.8 Å². The van der Waals surface area contributed by atoms with Gasteiger partial charge >= 0.3 is 0 Å². The van der Waals surface area contributed by atoms with E-state index >= 15 is 0 Å². The van der Waals surface area contributed by atoms with Gasteiger partial charge in [0.1, 0.15) is 5.82 Å². The van der Waals surface area contributed by atoms with Crippen molar-refractivity contribution in [3.05, 3.63) is 47.4 Å². The van der Waals surface area contributed by atoms with E-state index in [1.165, 1.54) is 16.4 Å². The van der Waals surface area contributed by atoms with E-state index in [0.717, 1.165) is 11.8 Å². The van der Waals surface area contributed by atoms with E-state index < -0.39 is 10.0 Å². The first-order valence-corrected chi connectivity index (χ1v) is 10.4. The molecule has 27 heavy (non-hydrogen) atoms. The van der Waals surface area contributed by atoms with Crippen LogP contribution in [0.4, 0.5) is 4.39 Å². The molecule has 1 aromatic heterocycles. The van der Waals surface area contributed by atoms with E-state index in [2.05, 4.69) is 10.1 Å². The van der Waals surface area contributed by atoms with Crippen molar-refractivity contribution >= 4 is 15.9 Å². The molecule has 0 unspecified atom stereocenters. The number of rotatable bonds is 7. The van der Waals surface area contributed by atoms with Gasteiger partial charge in [-0.05, 0) is 17.7 Å². The fraction of sp³-hybridized carbons (Fsp3) is 0.471. The van der Waals surface area contributed by atoms with Gasteiger partial charge in [-0.15, -0.1) is 0 Å². The van der Waals surface area contributed by atoms with Crippen molar-refractivity contribution < 1.29 is 22.1 Å². The van der Waals surface area contributed by atoms with Crippen LogP contribution in [0.25, 0.3) is 0 Å². The number of nitrogens with zero attached hydrogens (tertiary/aromatic N) is 4. The monoisotopic (exact) mass is 396 g/mol. The SMILES string of the molecule is Cc1nc(CCN(C2CN(C(=O)Cc3ccc(F)cc3)C2)S(C)(=O)=O)no1. The molecular weight excluding hydrogens is 375 g/mol. The molecule has 0 atom stereocenters. The second-order valence-electron chi connectivity index (χ2n) is 6.61. The number of carbonyl (C=O) groups excluding carboxylic acids is 1. The Bertz CT molecular complexity index is 907. The van der Waals surface area contributed by atoms with Crippen LogP contribution in [-0.4, -0.2) is 65.6 Å². The van der Waals surface area contributed by atoms with E-state index in [1.807, 2.05) is 0 Å². The van der Waals surface area contributed by atoms with Crippen molar-refractivity contribution in [1.29, 1.82) is 0 Å². The Morgan fingerprint density at radius 2 is 2.00 bits per heavy atom. The summed E-state index contributed by atoms with van der Waals surface area (Å²) in [5.41, 5.74) is 0.720. The van der Waals surface area contributed by atoms with Crippen LogP contribution in [0, 0.1) is 12.7 Å². The average Bonchev–Trinajstić information content (AvgIpc) is 2.95. The first-order valence-electron chi connectivity index (χ1n) is 8.50. The third-order valence-corrected chi connectivity index (χ3v) is 5.77. The number of hydrogen-bond donors (Lipinski definition) is 0.